The van der Waals surface area contributed by atoms with Gasteiger partial charge in [-0.15, -0.1) is 0 Å². The molecule has 1 aromatic heterocycles. The number of hydrogen-bond donors (Lipinski definition) is 2. The van der Waals surface area contributed by atoms with E-state index in [4.69, 9.17) is 14.2 Å². The molecule has 3 aromatic rings. The highest BCUT2D eigenvalue weighted by atomic mass is 19.1. The van der Waals surface area contributed by atoms with Gasteiger partial charge in [0.2, 0.25) is 0 Å². The molecule has 12 nitrogen and oxygen atoms in total. The van der Waals surface area contributed by atoms with Crippen LogP contribution in [0.2, 0.25) is 0 Å². The number of aromatic nitrogens is 2. The molecule has 2 fully saturated rings. The number of amides is 3. The van der Waals surface area contributed by atoms with Crippen LogP contribution >= 0.6 is 0 Å². The van der Waals surface area contributed by atoms with Gasteiger partial charge < -0.3 is 29.7 Å². The third-order valence-corrected chi connectivity index (χ3v) is 8.64. The molecule has 2 aromatic carbocycles. The molecule has 3 heterocycles. The molecule has 13 heteroatoms. The molecule has 0 unspecified atom stereocenters. The van der Waals surface area contributed by atoms with Crippen molar-refractivity contribution < 1.29 is 33.0 Å². The lowest BCUT2D eigenvalue weighted by molar-refractivity contribution is -0.00301. The number of nitrogens with zero attached hydrogens (tertiary/aromatic N) is 4. The van der Waals surface area contributed by atoms with E-state index in [0.717, 1.165) is 0 Å². The van der Waals surface area contributed by atoms with Crippen molar-refractivity contribution >= 4 is 23.7 Å². The first-order chi connectivity index (χ1) is 23.2. The molecule has 2 aliphatic rings. The summed E-state index contributed by atoms with van der Waals surface area (Å²) in [7, 11) is 1.75. The minimum Gasteiger partial charge on any atom is -0.484 e. The highest BCUT2D eigenvalue weighted by Crippen LogP contribution is 2.31. The van der Waals surface area contributed by atoms with Crippen LogP contribution < -0.4 is 15.4 Å². The highest BCUT2D eigenvalue weighted by Gasteiger charge is 2.33. The predicted octanol–water partition coefficient (Wildman–Crippen LogP) is 5.01. The summed E-state index contributed by atoms with van der Waals surface area (Å²) < 4.78 is 34.3. The lowest BCUT2D eigenvalue weighted by atomic mass is 10.0. The van der Waals surface area contributed by atoms with Crippen LogP contribution in [0.5, 0.6) is 5.75 Å². The van der Waals surface area contributed by atoms with Gasteiger partial charge in [0.25, 0.3) is 11.8 Å². The minimum atomic E-state index is -0.690. The van der Waals surface area contributed by atoms with Gasteiger partial charge >= 0.3 is 6.09 Å². The second-order valence-corrected chi connectivity index (χ2v) is 13.9. The number of halogens is 1. The van der Waals surface area contributed by atoms with Crippen LogP contribution in [0, 0.1) is 19.7 Å². The number of piperazine rings is 1. The first kappa shape index (κ1) is 35.8. The molecule has 0 radical (unpaired) electrons. The quantitative estimate of drug-likeness (QED) is 0.324. The number of carbonyl (C=O) groups excluding carboxylic acids is 3. The third-order valence-electron chi connectivity index (χ3n) is 8.64. The average Bonchev–Trinajstić information content (AvgIpc) is 3.68. The van der Waals surface area contributed by atoms with Crippen LogP contribution in [-0.4, -0.2) is 94.6 Å². The van der Waals surface area contributed by atoms with Crippen LogP contribution in [0.1, 0.15) is 77.6 Å². The molecule has 49 heavy (non-hydrogen) atoms. The molecule has 2 aliphatic heterocycles. The topological polar surface area (TPSA) is 127 Å². The molecule has 2 N–H and O–H groups in total. The summed E-state index contributed by atoms with van der Waals surface area (Å²) in [5, 5.41) is 10.0. The van der Waals surface area contributed by atoms with Crippen LogP contribution in [-0.2, 0) is 16.5 Å². The first-order valence-corrected chi connectivity index (χ1v) is 16.7. The van der Waals surface area contributed by atoms with Crippen molar-refractivity contribution in [2.24, 2.45) is 7.05 Å². The molecule has 0 saturated carbocycles. The summed E-state index contributed by atoms with van der Waals surface area (Å²) in [6.07, 6.45) is 1.33. The Hall–Kier alpha value is -4.49. The number of ether oxygens (including phenoxy) is 3. The van der Waals surface area contributed by atoms with E-state index < -0.39 is 23.5 Å². The van der Waals surface area contributed by atoms with Crippen LogP contribution in [0.25, 0.3) is 0 Å². The van der Waals surface area contributed by atoms with Crippen molar-refractivity contribution in [3.05, 3.63) is 76.2 Å². The molecule has 0 aliphatic carbocycles. The van der Waals surface area contributed by atoms with Gasteiger partial charge in [-0.05, 0) is 82.9 Å². The molecule has 3 atom stereocenters. The molecule has 2 saturated heterocycles. The van der Waals surface area contributed by atoms with E-state index in [1.165, 1.54) is 12.1 Å². The summed E-state index contributed by atoms with van der Waals surface area (Å²) in [5.41, 5.74) is 1.53. The molecule has 3 amide bonds. The zero-order valence-electron chi connectivity index (χ0n) is 29.3. The third kappa shape index (κ3) is 9.15. The smallest absolute Gasteiger partial charge is 0.410 e. The number of anilines is 1. The van der Waals surface area contributed by atoms with E-state index in [-0.39, 0.29) is 40.9 Å². The van der Waals surface area contributed by atoms with E-state index >= 15 is 0 Å². The Balaban J connectivity index is 1.44. The van der Waals surface area contributed by atoms with Gasteiger partial charge in [-0.1, -0.05) is 12.1 Å². The van der Waals surface area contributed by atoms with Crippen molar-refractivity contribution in [2.75, 3.05) is 44.7 Å². The number of aryl methyl sites for hydroxylation is 3. The Morgan fingerprint density at radius 2 is 1.84 bits per heavy atom. The summed E-state index contributed by atoms with van der Waals surface area (Å²) in [5.74, 6) is -0.564. The van der Waals surface area contributed by atoms with Crippen molar-refractivity contribution in [1.82, 2.24) is 24.9 Å². The number of carbonyl (C=O) groups is 3. The zero-order chi connectivity index (χ0) is 35.5. The lowest BCUT2D eigenvalue weighted by Gasteiger charge is -2.41. The number of hydrogen-bond acceptors (Lipinski definition) is 8. The van der Waals surface area contributed by atoms with Crippen molar-refractivity contribution in [3.8, 4) is 5.75 Å². The lowest BCUT2D eigenvalue weighted by Crippen LogP contribution is -2.55. The second-order valence-electron chi connectivity index (χ2n) is 13.9. The van der Waals surface area contributed by atoms with Crippen LogP contribution in [0.4, 0.5) is 15.0 Å². The minimum absolute atomic E-state index is 0.145. The number of benzene rings is 2. The number of nitrogens with one attached hydrogen (secondary N) is 2. The van der Waals surface area contributed by atoms with Crippen LogP contribution in [0.3, 0.4) is 0 Å². The monoisotopic (exact) mass is 678 g/mol. The fraction of sp³-hybridized carbons (Fsp3) is 0.500. The maximum atomic E-state index is 15.0. The summed E-state index contributed by atoms with van der Waals surface area (Å²) in [6, 6.07) is 9.53. The fourth-order valence-corrected chi connectivity index (χ4v) is 5.98. The Kier molecular flexibility index (Phi) is 10.9. The SMILES string of the molecule is Cc1ccc([C@@H](CN2CCN(C(=O)OC(C)(C)C)[C@H](C)C2)Oc2cc(C)c(C(=O)Nc3ccn(C)n3)cc2C(=O)N[C@@H]2CCOC2)cc1F. The van der Waals surface area contributed by atoms with Gasteiger partial charge in [-0.25, -0.2) is 9.18 Å². The molecule has 0 bridgehead atoms. The first-order valence-electron chi connectivity index (χ1n) is 16.7. The Morgan fingerprint density at radius 3 is 2.47 bits per heavy atom. The largest absolute Gasteiger partial charge is 0.484 e. The van der Waals surface area contributed by atoms with Crippen molar-refractivity contribution in [1.29, 1.82) is 0 Å². The van der Waals surface area contributed by atoms with Gasteiger partial charge in [-0.3, -0.25) is 19.2 Å². The second kappa shape index (κ2) is 15.0. The van der Waals surface area contributed by atoms with Crippen LogP contribution in [0.15, 0.2) is 42.6 Å². The van der Waals surface area contributed by atoms with Crippen molar-refractivity contribution in [2.45, 2.75) is 71.8 Å². The Bertz CT molecular complexity index is 1680. The summed E-state index contributed by atoms with van der Waals surface area (Å²) in [6.45, 7) is 13.8. The van der Waals surface area contributed by atoms with E-state index in [1.54, 1.807) is 54.9 Å². The Morgan fingerprint density at radius 1 is 1.06 bits per heavy atom. The highest BCUT2D eigenvalue weighted by molar-refractivity contribution is 6.07. The van der Waals surface area contributed by atoms with E-state index in [0.29, 0.717) is 68.3 Å². The molecular formula is C36H47FN6O6. The number of rotatable bonds is 9. The van der Waals surface area contributed by atoms with Gasteiger partial charge in [0, 0.05) is 63.7 Å². The van der Waals surface area contributed by atoms with Gasteiger partial charge in [0.15, 0.2) is 5.82 Å². The Labute approximate surface area is 286 Å². The van der Waals surface area contributed by atoms with E-state index in [2.05, 4.69) is 20.6 Å². The molecule has 5 rings (SSSR count). The zero-order valence-corrected chi connectivity index (χ0v) is 29.3. The van der Waals surface area contributed by atoms with Crippen molar-refractivity contribution in [3.63, 3.8) is 0 Å². The normalized spacial score (nSPS) is 19.0. The maximum absolute atomic E-state index is 15.0. The van der Waals surface area contributed by atoms with Gasteiger partial charge in [0.1, 0.15) is 23.3 Å². The molecular weight excluding hydrogens is 631 g/mol. The summed E-state index contributed by atoms with van der Waals surface area (Å²) >= 11 is 0. The average molecular weight is 679 g/mol. The standard InChI is InChI=1S/C36H47FN6O6/c1-22-8-9-25(17-29(22)37)31(20-42-13-14-43(24(3)19-42)35(46)49-36(4,5)6)48-30-16-23(2)27(33(44)39-32-10-12-41(7)40-32)18-28(30)34(45)38-26-11-15-47-21-26/h8-10,12,16-18,24,26,31H,11,13-15,19-21H2,1-7H3,(H,38,45)(H,39,40,44)/t24-,26-,31-/m1/s1. The maximum Gasteiger partial charge on any atom is 0.410 e. The van der Waals surface area contributed by atoms with Gasteiger partial charge in [-0.2, -0.15) is 5.10 Å². The van der Waals surface area contributed by atoms with E-state index in [9.17, 15) is 18.8 Å². The molecule has 0 spiro atoms. The summed E-state index contributed by atoms with van der Waals surface area (Å²) in [4.78, 5) is 43.9. The molecule has 264 valence electrons. The van der Waals surface area contributed by atoms with Gasteiger partial charge in [0.05, 0.1) is 18.2 Å². The predicted molar refractivity (Wildman–Crippen MR) is 182 cm³/mol. The fourth-order valence-electron chi connectivity index (χ4n) is 5.98. The van der Waals surface area contributed by atoms with E-state index in [1.807, 2.05) is 33.8 Å².